The van der Waals surface area contributed by atoms with E-state index in [2.05, 4.69) is 10.4 Å². The third-order valence-corrected chi connectivity index (χ3v) is 4.39. The highest BCUT2D eigenvalue weighted by Gasteiger charge is 2.16. The van der Waals surface area contributed by atoms with Gasteiger partial charge in [0.25, 0.3) is 5.91 Å². The summed E-state index contributed by atoms with van der Waals surface area (Å²) < 4.78 is 30.4. The van der Waals surface area contributed by atoms with Crippen LogP contribution in [-0.4, -0.2) is 20.3 Å². The summed E-state index contributed by atoms with van der Waals surface area (Å²) in [6.07, 6.45) is 3.17. The highest BCUT2D eigenvalue weighted by Crippen LogP contribution is 2.22. The number of nitrogens with one attached hydrogen (secondary N) is 1. The van der Waals surface area contributed by atoms with E-state index in [-0.39, 0.29) is 17.5 Å². The molecule has 2 aromatic carbocycles. The van der Waals surface area contributed by atoms with Gasteiger partial charge in [0, 0.05) is 18.6 Å². The van der Waals surface area contributed by atoms with Crippen molar-refractivity contribution in [3.63, 3.8) is 0 Å². The Balaban J connectivity index is 1.53. The topological polar surface area (TPSA) is 51.9 Å². The molecule has 1 amide bonds. The van der Waals surface area contributed by atoms with Crippen molar-refractivity contribution >= 4 is 22.5 Å². The molecule has 4 rings (SSSR count). The van der Waals surface area contributed by atoms with Gasteiger partial charge in [-0.3, -0.25) is 9.48 Å². The van der Waals surface area contributed by atoms with Crippen molar-refractivity contribution in [2.75, 3.05) is 5.32 Å². The first kappa shape index (κ1) is 17.0. The van der Waals surface area contributed by atoms with Gasteiger partial charge in [-0.2, -0.15) is 5.10 Å². The molecule has 5 nitrogen and oxygen atoms in total. The molecule has 0 aliphatic heterocycles. The summed E-state index contributed by atoms with van der Waals surface area (Å²) in [6, 6.07) is 12.5. The molecule has 0 aliphatic carbocycles. The number of aromatic nitrogens is 3. The summed E-state index contributed by atoms with van der Waals surface area (Å²) in [5, 5.41) is 7.33. The Morgan fingerprint density at radius 1 is 1.15 bits per heavy atom. The first-order chi connectivity index (χ1) is 13.0. The summed E-state index contributed by atoms with van der Waals surface area (Å²) in [5.41, 5.74) is 2.25. The largest absolute Gasteiger partial charge is 0.340 e. The van der Waals surface area contributed by atoms with E-state index in [1.165, 1.54) is 30.5 Å². The lowest BCUT2D eigenvalue weighted by atomic mass is 10.2. The normalized spacial score (nSPS) is 11.1. The molecule has 0 fully saturated rings. The number of halogens is 2. The number of nitrogens with zero attached hydrogens (tertiary/aromatic N) is 3. The van der Waals surface area contributed by atoms with Gasteiger partial charge in [-0.05, 0) is 35.9 Å². The number of carbonyl (C=O) groups excluding carboxylic acids is 1. The van der Waals surface area contributed by atoms with E-state index >= 15 is 0 Å². The van der Waals surface area contributed by atoms with Crippen molar-refractivity contribution in [3.8, 4) is 0 Å². The van der Waals surface area contributed by atoms with Gasteiger partial charge < -0.3 is 9.88 Å². The molecule has 7 heteroatoms. The quantitative estimate of drug-likeness (QED) is 0.595. The molecule has 2 heterocycles. The predicted molar refractivity (Wildman–Crippen MR) is 98.6 cm³/mol. The number of hydrogen-bond donors (Lipinski definition) is 1. The Hall–Kier alpha value is -3.48. The van der Waals surface area contributed by atoms with Crippen LogP contribution in [0.15, 0.2) is 60.9 Å². The average molecular weight is 366 g/mol. The fraction of sp³-hybridized carbons (Fsp3) is 0.100. The van der Waals surface area contributed by atoms with Crippen LogP contribution in [0.4, 0.5) is 14.5 Å². The van der Waals surface area contributed by atoms with E-state index in [1.807, 2.05) is 0 Å². The molecule has 0 bridgehead atoms. The Kier molecular flexibility index (Phi) is 4.19. The maximum atomic E-state index is 13.9. The first-order valence-electron chi connectivity index (χ1n) is 8.33. The monoisotopic (exact) mass is 366 g/mol. The predicted octanol–water partition coefficient (Wildman–Crippen LogP) is 3.95. The molecule has 1 N–H and O–H groups in total. The SMILES string of the molecule is Cn1c(C(=O)Nc2cnn(Cc3cccc(F)c3)c2)cc2c(F)cccc21. The van der Waals surface area contributed by atoms with Crippen LogP contribution >= 0.6 is 0 Å². The van der Waals surface area contributed by atoms with Crippen molar-refractivity contribution in [2.45, 2.75) is 6.54 Å². The van der Waals surface area contributed by atoms with Gasteiger partial charge in [0.1, 0.15) is 17.3 Å². The van der Waals surface area contributed by atoms with Crippen LogP contribution < -0.4 is 5.32 Å². The summed E-state index contributed by atoms with van der Waals surface area (Å²) in [6.45, 7) is 0.382. The number of fused-ring (bicyclic) bond motifs is 1. The fourth-order valence-electron chi connectivity index (χ4n) is 3.07. The van der Waals surface area contributed by atoms with Crippen LogP contribution in [-0.2, 0) is 13.6 Å². The molecule has 0 atom stereocenters. The van der Waals surface area contributed by atoms with E-state index in [0.29, 0.717) is 28.8 Å². The standard InChI is InChI=1S/C20H16F2N4O/c1-25-18-7-3-6-17(22)16(18)9-19(25)20(27)24-15-10-23-26(12-15)11-13-4-2-5-14(21)8-13/h2-10,12H,11H2,1H3,(H,24,27). The molecule has 136 valence electrons. The molecular formula is C20H16F2N4O. The second-order valence-electron chi connectivity index (χ2n) is 6.27. The van der Waals surface area contributed by atoms with Gasteiger partial charge >= 0.3 is 0 Å². The molecule has 27 heavy (non-hydrogen) atoms. The second-order valence-corrected chi connectivity index (χ2v) is 6.27. The Labute approximate surface area is 153 Å². The minimum atomic E-state index is -0.370. The zero-order valence-electron chi connectivity index (χ0n) is 14.5. The van der Waals surface area contributed by atoms with E-state index in [9.17, 15) is 13.6 Å². The molecule has 4 aromatic rings. The van der Waals surface area contributed by atoms with Gasteiger partial charge in [-0.15, -0.1) is 0 Å². The van der Waals surface area contributed by atoms with Gasteiger partial charge in [0.05, 0.1) is 23.9 Å². The summed E-state index contributed by atoms with van der Waals surface area (Å²) in [5.74, 6) is -1.04. The Morgan fingerprint density at radius 2 is 1.96 bits per heavy atom. The lowest BCUT2D eigenvalue weighted by molar-refractivity contribution is 0.101. The fourth-order valence-corrected chi connectivity index (χ4v) is 3.07. The van der Waals surface area contributed by atoms with Crippen LogP contribution in [0.2, 0.25) is 0 Å². The molecule has 0 spiro atoms. The van der Waals surface area contributed by atoms with Gasteiger partial charge in [0.2, 0.25) is 0 Å². The van der Waals surface area contributed by atoms with Crippen LogP contribution in [0.5, 0.6) is 0 Å². The molecule has 0 saturated heterocycles. The highest BCUT2D eigenvalue weighted by molar-refractivity contribution is 6.06. The van der Waals surface area contributed by atoms with Crippen molar-refractivity contribution in [3.05, 3.63) is 83.8 Å². The van der Waals surface area contributed by atoms with Crippen LogP contribution in [0.3, 0.4) is 0 Å². The summed E-state index contributed by atoms with van der Waals surface area (Å²) in [4.78, 5) is 12.6. The lowest BCUT2D eigenvalue weighted by Crippen LogP contribution is -2.15. The van der Waals surface area contributed by atoms with E-state index in [1.54, 1.807) is 46.8 Å². The van der Waals surface area contributed by atoms with Crippen molar-refractivity contribution < 1.29 is 13.6 Å². The maximum Gasteiger partial charge on any atom is 0.272 e. The Bertz CT molecular complexity index is 1150. The van der Waals surface area contributed by atoms with Gasteiger partial charge in [-0.1, -0.05) is 18.2 Å². The number of amides is 1. The van der Waals surface area contributed by atoms with Crippen LogP contribution in [0.25, 0.3) is 10.9 Å². The summed E-state index contributed by atoms with van der Waals surface area (Å²) in [7, 11) is 1.71. The van der Waals surface area contributed by atoms with Crippen LogP contribution in [0, 0.1) is 11.6 Å². The minimum absolute atomic E-state index is 0.309. The molecule has 0 aliphatic rings. The van der Waals surface area contributed by atoms with E-state index < -0.39 is 0 Å². The van der Waals surface area contributed by atoms with Gasteiger partial charge in [0.15, 0.2) is 0 Å². The van der Waals surface area contributed by atoms with E-state index in [4.69, 9.17) is 0 Å². The minimum Gasteiger partial charge on any atom is -0.340 e. The summed E-state index contributed by atoms with van der Waals surface area (Å²) >= 11 is 0. The number of hydrogen-bond acceptors (Lipinski definition) is 2. The number of carbonyl (C=O) groups is 1. The molecular weight excluding hydrogens is 350 g/mol. The molecule has 0 unspecified atom stereocenters. The third-order valence-electron chi connectivity index (χ3n) is 4.39. The van der Waals surface area contributed by atoms with Crippen molar-refractivity contribution in [1.29, 1.82) is 0 Å². The average Bonchev–Trinajstić information content (AvgIpc) is 3.20. The van der Waals surface area contributed by atoms with Crippen molar-refractivity contribution in [2.24, 2.45) is 7.05 Å². The van der Waals surface area contributed by atoms with Gasteiger partial charge in [-0.25, -0.2) is 8.78 Å². The molecule has 0 saturated carbocycles. The molecule has 2 aromatic heterocycles. The molecule has 0 radical (unpaired) electrons. The number of rotatable bonds is 4. The maximum absolute atomic E-state index is 13.9. The first-order valence-corrected chi connectivity index (χ1v) is 8.33. The second kappa shape index (κ2) is 6.68. The zero-order chi connectivity index (χ0) is 19.0. The van der Waals surface area contributed by atoms with E-state index in [0.717, 1.165) is 5.56 Å². The smallest absolute Gasteiger partial charge is 0.272 e. The number of anilines is 1. The Morgan fingerprint density at radius 3 is 2.74 bits per heavy atom. The lowest BCUT2D eigenvalue weighted by Gasteiger charge is -2.05. The van der Waals surface area contributed by atoms with Crippen molar-refractivity contribution in [1.82, 2.24) is 14.3 Å². The number of aryl methyl sites for hydroxylation is 1. The zero-order valence-corrected chi connectivity index (χ0v) is 14.5. The third kappa shape index (κ3) is 3.31. The highest BCUT2D eigenvalue weighted by atomic mass is 19.1. The number of benzene rings is 2. The van der Waals surface area contributed by atoms with Crippen LogP contribution in [0.1, 0.15) is 16.1 Å².